The molecule has 0 atom stereocenters. The average molecular weight is 380 g/mol. The number of rotatable bonds is 4. The molecule has 2 aromatic carbocycles. The number of nitro benzene ring substituents is 1. The lowest BCUT2D eigenvalue weighted by Gasteiger charge is -2.29. The van der Waals surface area contributed by atoms with Crippen molar-refractivity contribution < 1.29 is 18.8 Å². The van der Waals surface area contributed by atoms with E-state index in [9.17, 15) is 19.3 Å². The highest BCUT2D eigenvalue weighted by atomic mass is 35.5. The fourth-order valence-corrected chi connectivity index (χ4v) is 2.85. The molecule has 1 aliphatic rings. The Morgan fingerprint density at radius 3 is 2.50 bits per heavy atom. The first-order valence-electron chi connectivity index (χ1n) is 7.83. The molecule has 1 fully saturated rings. The number of hydrogen-bond donors (Lipinski definition) is 1. The van der Waals surface area contributed by atoms with Gasteiger partial charge in [0.2, 0.25) is 0 Å². The highest BCUT2D eigenvalue weighted by Crippen LogP contribution is 2.37. The second-order valence-electron chi connectivity index (χ2n) is 5.64. The maximum absolute atomic E-state index is 13.0. The van der Waals surface area contributed by atoms with Crippen molar-refractivity contribution in [1.82, 2.24) is 0 Å². The fraction of sp³-hybridized carbons (Fsp3) is 0.235. The van der Waals surface area contributed by atoms with Gasteiger partial charge in [-0.2, -0.15) is 0 Å². The van der Waals surface area contributed by atoms with Gasteiger partial charge in [0.05, 0.1) is 28.8 Å². The quantitative estimate of drug-likeness (QED) is 0.649. The van der Waals surface area contributed by atoms with E-state index in [1.54, 1.807) is 0 Å². The van der Waals surface area contributed by atoms with Crippen LogP contribution in [-0.4, -0.2) is 37.1 Å². The number of nitrogens with one attached hydrogen (secondary N) is 1. The number of hydrogen-bond acceptors (Lipinski definition) is 5. The third kappa shape index (κ3) is 3.92. The van der Waals surface area contributed by atoms with Crippen LogP contribution in [0.25, 0.3) is 0 Å². The largest absolute Gasteiger partial charge is 0.378 e. The molecule has 0 aliphatic carbocycles. The number of carbonyl (C=O) groups is 1. The maximum atomic E-state index is 13.0. The van der Waals surface area contributed by atoms with Crippen LogP contribution in [0.4, 0.5) is 21.5 Å². The molecule has 26 heavy (non-hydrogen) atoms. The van der Waals surface area contributed by atoms with Crippen molar-refractivity contribution in [2.75, 3.05) is 36.5 Å². The molecule has 0 spiro atoms. The zero-order valence-corrected chi connectivity index (χ0v) is 14.3. The van der Waals surface area contributed by atoms with Gasteiger partial charge in [-0.1, -0.05) is 11.6 Å². The first-order chi connectivity index (χ1) is 12.5. The zero-order valence-electron chi connectivity index (χ0n) is 13.6. The number of anilines is 2. The third-order valence-corrected chi connectivity index (χ3v) is 4.28. The normalized spacial score (nSPS) is 14.2. The molecular formula is C17H15ClFN3O4. The van der Waals surface area contributed by atoms with Gasteiger partial charge in [-0.25, -0.2) is 4.39 Å². The molecule has 0 aromatic heterocycles. The molecule has 1 N–H and O–H groups in total. The van der Waals surface area contributed by atoms with Crippen molar-refractivity contribution in [1.29, 1.82) is 0 Å². The van der Waals surface area contributed by atoms with Crippen LogP contribution in [0.1, 0.15) is 10.4 Å². The van der Waals surface area contributed by atoms with Gasteiger partial charge in [-0.3, -0.25) is 14.9 Å². The SMILES string of the molecule is O=C(Nc1cc(N2CCOCC2)c([N+](=O)[O-])cc1Cl)c1ccc(F)cc1. The highest BCUT2D eigenvalue weighted by molar-refractivity contribution is 6.34. The summed E-state index contributed by atoms with van der Waals surface area (Å²) in [6.45, 7) is 1.90. The number of ether oxygens (including phenoxy) is 1. The van der Waals surface area contributed by atoms with Crippen LogP contribution in [0, 0.1) is 15.9 Å². The molecule has 1 heterocycles. The number of nitro groups is 1. The number of nitrogens with zero attached hydrogens (tertiary/aromatic N) is 2. The predicted octanol–water partition coefficient (Wildman–Crippen LogP) is 3.48. The summed E-state index contributed by atoms with van der Waals surface area (Å²) in [4.78, 5) is 25.0. The van der Waals surface area contributed by atoms with E-state index in [0.29, 0.717) is 32.0 Å². The van der Waals surface area contributed by atoms with Crippen molar-refractivity contribution in [3.63, 3.8) is 0 Å². The van der Waals surface area contributed by atoms with E-state index in [1.807, 2.05) is 4.90 Å². The van der Waals surface area contributed by atoms with E-state index < -0.39 is 16.6 Å². The summed E-state index contributed by atoms with van der Waals surface area (Å²) in [6, 6.07) is 7.72. The molecule has 7 nitrogen and oxygen atoms in total. The van der Waals surface area contributed by atoms with E-state index >= 15 is 0 Å². The Morgan fingerprint density at radius 1 is 1.23 bits per heavy atom. The lowest BCUT2D eigenvalue weighted by Crippen LogP contribution is -2.36. The molecule has 9 heteroatoms. The molecule has 1 saturated heterocycles. The Kier molecular flexibility index (Phi) is 5.34. The maximum Gasteiger partial charge on any atom is 0.294 e. The Morgan fingerprint density at radius 2 is 1.88 bits per heavy atom. The average Bonchev–Trinajstić information content (AvgIpc) is 2.64. The molecule has 0 bridgehead atoms. The summed E-state index contributed by atoms with van der Waals surface area (Å²) in [5, 5.41) is 14.0. The van der Waals surface area contributed by atoms with Crippen LogP contribution in [0.2, 0.25) is 5.02 Å². The number of benzene rings is 2. The Labute approximate surface area is 153 Å². The topological polar surface area (TPSA) is 84.7 Å². The minimum atomic E-state index is -0.512. The van der Waals surface area contributed by atoms with Gasteiger partial charge in [0.1, 0.15) is 11.5 Å². The van der Waals surface area contributed by atoms with Gasteiger partial charge in [-0.15, -0.1) is 0 Å². The van der Waals surface area contributed by atoms with Crippen molar-refractivity contribution >= 4 is 34.6 Å². The van der Waals surface area contributed by atoms with Crippen LogP contribution in [0.15, 0.2) is 36.4 Å². The highest BCUT2D eigenvalue weighted by Gasteiger charge is 2.24. The molecule has 1 amide bonds. The minimum Gasteiger partial charge on any atom is -0.378 e. The lowest BCUT2D eigenvalue weighted by atomic mass is 10.1. The molecule has 0 unspecified atom stereocenters. The van der Waals surface area contributed by atoms with Gasteiger partial charge in [0, 0.05) is 24.7 Å². The number of carbonyl (C=O) groups excluding carboxylic acids is 1. The molecular weight excluding hydrogens is 365 g/mol. The van der Waals surface area contributed by atoms with Crippen LogP contribution >= 0.6 is 11.6 Å². The Balaban J connectivity index is 1.92. The van der Waals surface area contributed by atoms with E-state index in [0.717, 1.165) is 0 Å². The first-order valence-corrected chi connectivity index (χ1v) is 8.21. The number of amides is 1. The second kappa shape index (κ2) is 7.67. The lowest BCUT2D eigenvalue weighted by molar-refractivity contribution is -0.384. The van der Waals surface area contributed by atoms with Crippen LogP contribution in [0.5, 0.6) is 0 Å². The predicted molar refractivity (Wildman–Crippen MR) is 95.5 cm³/mol. The molecule has 0 radical (unpaired) electrons. The smallest absolute Gasteiger partial charge is 0.294 e. The molecule has 3 rings (SSSR count). The molecule has 1 aliphatic heterocycles. The zero-order chi connectivity index (χ0) is 18.7. The summed E-state index contributed by atoms with van der Waals surface area (Å²) in [5.41, 5.74) is 0.704. The van der Waals surface area contributed by atoms with Crippen molar-refractivity contribution in [2.45, 2.75) is 0 Å². The van der Waals surface area contributed by atoms with Gasteiger partial charge in [0.15, 0.2) is 0 Å². The fourth-order valence-electron chi connectivity index (χ4n) is 2.65. The van der Waals surface area contributed by atoms with Crippen LogP contribution in [0.3, 0.4) is 0 Å². The van der Waals surface area contributed by atoms with Gasteiger partial charge in [0.25, 0.3) is 11.6 Å². The Hall–Kier alpha value is -2.71. The second-order valence-corrected chi connectivity index (χ2v) is 6.05. The van der Waals surface area contributed by atoms with Crippen molar-refractivity contribution in [3.8, 4) is 0 Å². The molecule has 136 valence electrons. The van der Waals surface area contributed by atoms with E-state index in [4.69, 9.17) is 16.3 Å². The van der Waals surface area contributed by atoms with E-state index in [1.165, 1.54) is 36.4 Å². The standard InChI is InChI=1S/C17H15ClFN3O4/c18-13-9-16(22(24)25)15(21-5-7-26-8-6-21)10-14(13)20-17(23)11-1-3-12(19)4-2-11/h1-4,9-10H,5-8H2,(H,20,23). The Bertz CT molecular complexity index is 839. The first kappa shape index (κ1) is 18.1. The number of halogens is 2. The van der Waals surface area contributed by atoms with Gasteiger partial charge in [-0.05, 0) is 30.3 Å². The van der Waals surface area contributed by atoms with E-state index in [-0.39, 0.29) is 22.0 Å². The summed E-state index contributed by atoms with van der Waals surface area (Å²) < 4.78 is 18.3. The third-order valence-electron chi connectivity index (χ3n) is 3.97. The van der Waals surface area contributed by atoms with Crippen molar-refractivity contribution in [2.24, 2.45) is 0 Å². The monoisotopic (exact) mass is 379 g/mol. The van der Waals surface area contributed by atoms with Gasteiger partial charge < -0.3 is 15.0 Å². The minimum absolute atomic E-state index is 0.0455. The van der Waals surface area contributed by atoms with Gasteiger partial charge >= 0.3 is 0 Å². The van der Waals surface area contributed by atoms with Crippen LogP contribution in [-0.2, 0) is 4.74 Å². The molecule has 2 aromatic rings. The van der Waals surface area contributed by atoms with Crippen molar-refractivity contribution in [3.05, 3.63) is 62.9 Å². The summed E-state index contributed by atoms with van der Waals surface area (Å²) in [6.07, 6.45) is 0. The summed E-state index contributed by atoms with van der Waals surface area (Å²) >= 11 is 6.12. The number of morpholine rings is 1. The van der Waals surface area contributed by atoms with E-state index in [2.05, 4.69) is 5.32 Å². The summed E-state index contributed by atoms with van der Waals surface area (Å²) in [5.74, 6) is -0.946. The summed E-state index contributed by atoms with van der Waals surface area (Å²) in [7, 11) is 0. The van der Waals surface area contributed by atoms with Crippen LogP contribution < -0.4 is 10.2 Å². The molecule has 0 saturated carbocycles.